The smallest absolute Gasteiger partial charge is 0.0678 e. The Morgan fingerprint density at radius 1 is 1.39 bits per heavy atom. The van der Waals surface area contributed by atoms with E-state index in [-0.39, 0.29) is 5.41 Å². The molecule has 4 nitrogen and oxygen atoms in total. The molecule has 2 N–H and O–H groups in total. The standard InChI is InChI=1S/C14H24N4/c1-14(2,3)13-6-11(16-17-13)9-18-5-4-10-7-15-8-12(10)18/h6,10,12,15H,4-5,7-9H2,1-3H3,(H,16,17)/t10-,12+/m1/s1. The Balaban J connectivity index is 1.68. The van der Waals surface area contributed by atoms with E-state index in [1.807, 2.05) is 0 Å². The van der Waals surface area contributed by atoms with Gasteiger partial charge in [-0.2, -0.15) is 5.10 Å². The van der Waals surface area contributed by atoms with Crippen LogP contribution >= 0.6 is 0 Å². The summed E-state index contributed by atoms with van der Waals surface area (Å²) >= 11 is 0. The summed E-state index contributed by atoms with van der Waals surface area (Å²) in [5.74, 6) is 0.870. The maximum atomic E-state index is 4.45. The van der Waals surface area contributed by atoms with Crippen LogP contribution in [-0.2, 0) is 12.0 Å². The maximum absolute atomic E-state index is 4.45. The minimum absolute atomic E-state index is 0.136. The highest BCUT2D eigenvalue weighted by Gasteiger charge is 2.37. The van der Waals surface area contributed by atoms with Crippen LogP contribution in [0.2, 0.25) is 0 Å². The molecule has 2 aliphatic rings. The van der Waals surface area contributed by atoms with Crippen molar-refractivity contribution in [3.05, 3.63) is 17.5 Å². The van der Waals surface area contributed by atoms with Gasteiger partial charge < -0.3 is 5.32 Å². The number of nitrogens with one attached hydrogen (secondary N) is 2. The van der Waals surface area contributed by atoms with Crippen LogP contribution in [0.4, 0.5) is 0 Å². The third-order valence-electron chi connectivity index (χ3n) is 4.33. The van der Waals surface area contributed by atoms with Crippen molar-refractivity contribution in [1.29, 1.82) is 0 Å². The largest absolute Gasteiger partial charge is 0.315 e. The van der Waals surface area contributed by atoms with Crippen LogP contribution in [0.15, 0.2) is 6.07 Å². The first-order valence-electron chi connectivity index (χ1n) is 7.03. The fourth-order valence-corrected chi connectivity index (χ4v) is 3.18. The fourth-order valence-electron chi connectivity index (χ4n) is 3.18. The zero-order valence-corrected chi connectivity index (χ0v) is 11.7. The summed E-state index contributed by atoms with van der Waals surface area (Å²) in [4.78, 5) is 2.60. The summed E-state index contributed by atoms with van der Waals surface area (Å²) in [6.45, 7) is 11.2. The van der Waals surface area contributed by atoms with E-state index in [4.69, 9.17) is 0 Å². The van der Waals surface area contributed by atoms with Crippen LogP contribution in [0.25, 0.3) is 0 Å². The van der Waals surface area contributed by atoms with E-state index < -0.39 is 0 Å². The second kappa shape index (κ2) is 4.35. The average Bonchev–Trinajstić information content (AvgIpc) is 2.95. The van der Waals surface area contributed by atoms with Gasteiger partial charge in [0.2, 0.25) is 0 Å². The van der Waals surface area contributed by atoms with E-state index in [1.54, 1.807) is 0 Å². The highest BCUT2D eigenvalue weighted by atomic mass is 15.2. The summed E-state index contributed by atoms with van der Waals surface area (Å²) in [6.07, 6.45) is 1.35. The number of aromatic amines is 1. The van der Waals surface area contributed by atoms with Crippen molar-refractivity contribution in [3.8, 4) is 0 Å². The van der Waals surface area contributed by atoms with Gasteiger partial charge in [-0.1, -0.05) is 20.8 Å². The van der Waals surface area contributed by atoms with Crippen LogP contribution in [0.1, 0.15) is 38.6 Å². The molecule has 100 valence electrons. The van der Waals surface area contributed by atoms with Crippen LogP contribution in [0.5, 0.6) is 0 Å². The maximum Gasteiger partial charge on any atom is 0.0678 e. The lowest BCUT2D eigenvalue weighted by molar-refractivity contribution is 0.241. The first-order chi connectivity index (χ1) is 8.54. The van der Waals surface area contributed by atoms with Gasteiger partial charge in [-0.3, -0.25) is 10.00 Å². The summed E-state index contributed by atoms with van der Waals surface area (Å²) in [6, 6.07) is 2.97. The topological polar surface area (TPSA) is 44.0 Å². The number of hydrogen-bond donors (Lipinski definition) is 2. The number of likely N-dealkylation sites (tertiary alicyclic amines) is 1. The summed E-state index contributed by atoms with van der Waals surface area (Å²) in [5.41, 5.74) is 2.56. The summed E-state index contributed by atoms with van der Waals surface area (Å²) in [7, 11) is 0. The molecule has 3 rings (SSSR count). The van der Waals surface area contributed by atoms with Crippen molar-refractivity contribution in [3.63, 3.8) is 0 Å². The van der Waals surface area contributed by atoms with Gasteiger partial charge in [0.05, 0.1) is 5.69 Å². The van der Waals surface area contributed by atoms with Gasteiger partial charge in [-0.15, -0.1) is 0 Å². The molecule has 0 amide bonds. The quantitative estimate of drug-likeness (QED) is 0.833. The molecule has 1 aromatic heterocycles. The Kier molecular flexibility index (Phi) is 2.94. The Morgan fingerprint density at radius 2 is 2.22 bits per heavy atom. The average molecular weight is 248 g/mol. The van der Waals surface area contributed by atoms with Crippen LogP contribution in [0.3, 0.4) is 0 Å². The predicted molar refractivity (Wildman–Crippen MR) is 72.5 cm³/mol. The lowest BCUT2D eigenvalue weighted by Gasteiger charge is -2.22. The van der Waals surface area contributed by atoms with E-state index in [9.17, 15) is 0 Å². The minimum atomic E-state index is 0.136. The van der Waals surface area contributed by atoms with Crippen LogP contribution < -0.4 is 5.32 Å². The van der Waals surface area contributed by atoms with Crippen molar-refractivity contribution < 1.29 is 0 Å². The Morgan fingerprint density at radius 3 is 2.94 bits per heavy atom. The van der Waals surface area contributed by atoms with E-state index in [0.29, 0.717) is 0 Å². The lowest BCUT2D eigenvalue weighted by Crippen LogP contribution is -2.33. The number of fused-ring (bicyclic) bond motifs is 1. The minimum Gasteiger partial charge on any atom is -0.315 e. The number of aromatic nitrogens is 2. The number of H-pyrrole nitrogens is 1. The molecule has 0 aromatic carbocycles. The van der Waals surface area contributed by atoms with Gasteiger partial charge in [-0.25, -0.2) is 0 Å². The van der Waals surface area contributed by atoms with Gasteiger partial charge >= 0.3 is 0 Å². The van der Waals surface area contributed by atoms with E-state index in [0.717, 1.165) is 30.7 Å². The molecular weight excluding hydrogens is 224 g/mol. The molecule has 0 saturated carbocycles. The van der Waals surface area contributed by atoms with Gasteiger partial charge in [0.1, 0.15) is 0 Å². The first kappa shape index (κ1) is 12.2. The highest BCUT2D eigenvalue weighted by Crippen LogP contribution is 2.29. The SMILES string of the molecule is CC(C)(C)c1cc(CN2CC[C@@H]3CNC[C@@H]32)[nH]n1. The van der Waals surface area contributed by atoms with E-state index in [2.05, 4.69) is 47.3 Å². The van der Waals surface area contributed by atoms with Gasteiger partial charge in [-0.05, 0) is 31.5 Å². The molecular formula is C14H24N4. The Hall–Kier alpha value is -0.870. The van der Waals surface area contributed by atoms with Gasteiger partial charge in [0, 0.05) is 30.2 Å². The van der Waals surface area contributed by atoms with Crippen LogP contribution in [-0.4, -0.2) is 40.8 Å². The second-order valence-electron chi connectivity index (χ2n) is 6.77. The van der Waals surface area contributed by atoms with Crippen molar-refractivity contribution >= 4 is 0 Å². The normalized spacial score (nSPS) is 28.8. The van der Waals surface area contributed by atoms with Crippen molar-refractivity contribution in [1.82, 2.24) is 20.4 Å². The monoisotopic (exact) mass is 248 g/mol. The summed E-state index contributed by atoms with van der Waals surface area (Å²) in [5, 5.41) is 11.2. The molecule has 18 heavy (non-hydrogen) atoms. The molecule has 0 bridgehead atoms. The highest BCUT2D eigenvalue weighted by molar-refractivity contribution is 5.16. The molecule has 2 fully saturated rings. The zero-order valence-electron chi connectivity index (χ0n) is 11.7. The Bertz CT molecular complexity index is 418. The van der Waals surface area contributed by atoms with Crippen LogP contribution in [0, 0.1) is 5.92 Å². The molecule has 4 heteroatoms. The Labute approximate surface area is 109 Å². The molecule has 0 unspecified atom stereocenters. The van der Waals surface area contributed by atoms with Crippen molar-refractivity contribution in [2.24, 2.45) is 5.92 Å². The number of nitrogens with zero attached hydrogens (tertiary/aromatic N) is 2. The summed E-state index contributed by atoms with van der Waals surface area (Å²) < 4.78 is 0. The van der Waals surface area contributed by atoms with Gasteiger partial charge in [0.15, 0.2) is 0 Å². The van der Waals surface area contributed by atoms with Crippen molar-refractivity contribution in [2.45, 2.75) is 45.2 Å². The molecule has 1 aromatic rings. The number of rotatable bonds is 2. The third kappa shape index (κ3) is 2.19. The fraction of sp³-hybridized carbons (Fsp3) is 0.786. The first-order valence-corrected chi connectivity index (χ1v) is 7.03. The second-order valence-corrected chi connectivity index (χ2v) is 6.77. The van der Waals surface area contributed by atoms with Crippen molar-refractivity contribution in [2.75, 3.05) is 19.6 Å². The third-order valence-corrected chi connectivity index (χ3v) is 4.33. The number of hydrogen-bond acceptors (Lipinski definition) is 3. The molecule has 2 atom stereocenters. The molecule has 0 aliphatic carbocycles. The molecule has 0 radical (unpaired) electrons. The molecule has 2 aliphatic heterocycles. The van der Waals surface area contributed by atoms with E-state index >= 15 is 0 Å². The molecule has 3 heterocycles. The molecule has 0 spiro atoms. The van der Waals surface area contributed by atoms with Gasteiger partial charge in [0.25, 0.3) is 0 Å². The lowest BCUT2D eigenvalue weighted by atomic mass is 9.92. The predicted octanol–water partition coefficient (Wildman–Crippen LogP) is 1.50. The van der Waals surface area contributed by atoms with E-state index in [1.165, 1.54) is 25.2 Å². The zero-order chi connectivity index (χ0) is 12.8. The molecule has 2 saturated heterocycles.